The van der Waals surface area contributed by atoms with Crippen molar-refractivity contribution < 1.29 is 4.74 Å². The van der Waals surface area contributed by atoms with Crippen LogP contribution in [0, 0.1) is 0 Å². The fourth-order valence-electron chi connectivity index (χ4n) is 1.75. The van der Waals surface area contributed by atoms with Gasteiger partial charge in [-0.2, -0.15) is 5.21 Å². The Morgan fingerprint density at radius 3 is 2.47 bits per heavy atom. The summed E-state index contributed by atoms with van der Waals surface area (Å²) in [6.07, 6.45) is 0. The molecule has 0 unspecified atom stereocenters. The molecular formula is C13H11N5O. The first-order valence-corrected chi connectivity index (χ1v) is 5.72. The van der Waals surface area contributed by atoms with Gasteiger partial charge in [-0.05, 0) is 41.6 Å². The molecule has 0 atom stereocenters. The zero-order valence-electron chi connectivity index (χ0n) is 10.2. The number of aromatic amines is 1. The monoisotopic (exact) mass is 253 g/mol. The summed E-state index contributed by atoms with van der Waals surface area (Å²) in [5.74, 6) is 1.30. The van der Waals surface area contributed by atoms with E-state index in [1.54, 1.807) is 7.11 Å². The molecule has 19 heavy (non-hydrogen) atoms. The van der Waals surface area contributed by atoms with Gasteiger partial charge in [0.2, 0.25) is 5.82 Å². The lowest BCUT2D eigenvalue weighted by atomic mass is 10.1. The SMILES string of the molecule is COc1ccc(-c2cccc(-c3nn[nH]n3)n2)cc1. The van der Waals surface area contributed by atoms with Crippen LogP contribution in [0.25, 0.3) is 22.8 Å². The molecule has 0 aliphatic rings. The van der Waals surface area contributed by atoms with Crippen LogP contribution in [-0.2, 0) is 0 Å². The van der Waals surface area contributed by atoms with Crippen LogP contribution < -0.4 is 4.74 Å². The van der Waals surface area contributed by atoms with Crippen LogP contribution in [0.5, 0.6) is 5.75 Å². The summed E-state index contributed by atoms with van der Waals surface area (Å²) in [6.45, 7) is 0. The third-order valence-corrected chi connectivity index (χ3v) is 2.71. The zero-order chi connectivity index (χ0) is 13.1. The van der Waals surface area contributed by atoms with Gasteiger partial charge in [0.1, 0.15) is 11.4 Å². The van der Waals surface area contributed by atoms with Crippen LogP contribution >= 0.6 is 0 Å². The minimum Gasteiger partial charge on any atom is -0.497 e. The summed E-state index contributed by atoms with van der Waals surface area (Å²) in [6, 6.07) is 13.4. The van der Waals surface area contributed by atoms with Gasteiger partial charge in [0, 0.05) is 5.56 Å². The Bertz CT molecular complexity index is 664. The van der Waals surface area contributed by atoms with Crippen molar-refractivity contribution in [3.8, 4) is 28.5 Å². The molecule has 0 radical (unpaired) electrons. The zero-order valence-corrected chi connectivity index (χ0v) is 10.2. The van der Waals surface area contributed by atoms with Crippen molar-refractivity contribution in [1.82, 2.24) is 25.6 Å². The highest BCUT2D eigenvalue weighted by atomic mass is 16.5. The molecule has 1 N–H and O–H groups in total. The van der Waals surface area contributed by atoms with Crippen LogP contribution in [-0.4, -0.2) is 32.7 Å². The van der Waals surface area contributed by atoms with Crippen molar-refractivity contribution >= 4 is 0 Å². The lowest BCUT2D eigenvalue weighted by Gasteiger charge is -2.04. The number of nitrogens with one attached hydrogen (secondary N) is 1. The normalized spacial score (nSPS) is 10.4. The summed E-state index contributed by atoms with van der Waals surface area (Å²) in [5.41, 5.74) is 2.54. The number of benzene rings is 1. The second-order valence-electron chi connectivity index (χ2n) is 3.87. The molecule has 2 heterocycles. The molecule has 0 bridgehead atoms. The van der Waals surface area contributed by atoms with E-state index in [9.17, 15) is 0 Å². The van der Waals surface area contributed by atoms with Gasteiger partial charge < -0.3 is 4.74 Å². The van der Waals surface area contributed by atoms with Crippen LogP contribution in [0.3, 0.4) is 0 Å². The topological polar surface area (TPSA) is 76.6 Å². The first-order valence-electron chi connectivity index (χ1n) is 5.72. The standard InChI is InChI=1S/C13H11N5O/c1-19-10-7-5-9(6-8-10)11-3-2-4-12(14-11)13-15-17-18-16-13/h2-8H,1H3,(H,15,16,17,18). The third-order valence-electron chi connectivity index (χ3n) is 2.71. The Balaban J connectivity index is 1.98. The van der Waals surface area contributed by atoms with E-state index in [-0.39, 0.29) is 0 Å². The number of pyridine rings is 1. The molecule has 6 nitrogen and oxygen atoms in total. The fourth-order valence-corrected chi connectivity index (χ4v) is 1.75. The quantitative estimate of drug-likeness (QED) is 0.771. The van der Waals surface area contributed by atoms with Crippen LogP contribution in [0.2, 0.25) is 0 Å². The minimum absolute atomic E-state index is 0.482. The molecule has 0 fully saturated rings. The lowest BCUT2D eigenvalue weighted by Crippen LogP contribution is -1.90. The van der Waals surface area contributed by atoms with E-state index in [1.807, 2.05) is 42.5 Å². The molecule has 0 amide bonds. The fraction of sp³-hybridized carbons (Fsp3) is 0.0769. The Morgan fingerprint density at radius 1 is 1.00 bits per heavy atom. The van der Waals surface area contributed by atoms with Crippen molar-refractivity contribution in [1.29, 1.82) is 0 Å². The van der Waals surface area contributed by atoms with Gasteiger partial charge in [-0.3, -0.25) is 0 Å². The maximum Gasteiger partial charge on any atom is 0.222 e. The van der Waals surface area contributed by atoms with Crippen molar-refractivity contribution in [2.75, 3.05) is 7.11 Å². The molecule has 0 saturated heterocycles. The van der Waals surface area contributed by atoms with Crippen molar-refractivity contribution in [3.05, 3.63) is 42.5 Å². The second kappa shape index (κ2) is 4.85. The molecule has 94 valence electrons. The van der Waals surface area contributed by atoms with E-state index < -0.39 is 0 Å². The minimum atomic E-state index is 0.482. The first-order chi connectivity index (χ1) is 9.36. The largest absolute Gasteiger partial charge is 0.497 e. The Hall–Kier alpha value is -2.76. The van der Waals surface area contributed by atoms with E-state index in [0.717, 1.165) is 17.0 Å². The maximum absolute atomic E-state index is 5.13. The molecule has 3 aromatic rings. The van der Waals surface area contributed by atoms with Gasteiger partial charge >= 0.3 is 0 Å². The number of aromatic nitrogens is 5. The number of nitrogens with zero attached hydrogens (tertiary/aromatic N) is 4. The Morgan fingerprint density at radius 2 is 1.79 bits per heavy atom. The Kier molecular flexibility index (Phi) is 2.89. The van der Waals surface area contributed by atoms with E-state index in [4.69, 9.17) is 4.74 Å². The van der Waals surface area contributed by atoms with Crippen LogP contribution in [0.15, 0.2) is 42.5 Å². The molecule has 6 heteroatoms. The number of hydrogen-bond acceptors (Lipinski definition) is 5. The number of tetrazole rings is 1. The molecular weight excluding hydrogens is 242 g/mol. The summed E-state index contributed by atoms with van der Waals surface area (Å²) in [7, 11) is 1.64. The molecule has 0 saturated carbocycles. The van der Waals surface area contributed by atoms with Crippen molar-refractivity contribution in [3.63, 3.8) is 0 Å². The highest BCUT2D eigenvalue weighted by Gasteiger charge is 2.06. The molecule has 1 aromatic carbocycles. The van der Waals surface area contributed by atoms with E-state index in [2.05, 4.69) is 25.6 Å². The average Bonchev–Trinajstić information content (AvgIpc) is 3.02. The number of rotatable bonds is 3. The first kappa shape index (κ1) is 11.3. The predicted molar refractivity (Wildman–Crippen MR) is 69.4 cm³/mol. The molecule has 0 aliphatic carbocycles. The highest BCUT2D eigenvalue weighted by Crippen LogP contribution is 2.22. The number of hydrogen-bond donors (Lipinski definition) is 1. The Labute approximate surface area is 109 Å². The smallest absolute Gasteiger partial charge is 0.222 e. The van der Waals surface area contributed by atoms with Crippen molar-refractivity contribution in [2.45, 2.75) is 0 Å². The number of ether oxygens (including phenoxy) is 1. The average molecular weight is 253 g/mol. The van der Waals surface area contributed by atoms with Gasteiger partial charge in [-0.1, -0.05) is 6.07 Å². The highest BCUT2D eigenvalue weighted by molar-refractivity contribution is 5.63. The van der Waals surface area contributed by atoms with Gasteiger partial charge in [0.15, 0.2) is 0 Å². The van der Waals surface area contributed by atoms with E-state index in [0.29, 0.717) is 11.5 Å². The summed E-state index contributed by atoms with van der Waals surface area (Å²) < 4.78 is 5.13. The summed E-state index contributed by atoms with van der Waals surface area (Å²) in [4.78, 5) is 4.52. The van der Waals surface area contributed by atoms with Gasteiger partial charge in [-0.15, -0.1) is 10.2 Å². The van der Waals surface area contributed by atoms with E-state index >= 15 is 0 Å². The maximum atomic E-state index is 5.13. The predicted octanol–water partition coefficient (Wildman–Crippen LogP) is 1.94. The number of methoxy groups -OCH3 is 1. The van der Waals surface area contributed by atoms with Crippen molar-refractivity contribution in [2.24, 2.45) is 0 Å². The molecule has 0 aliphatic heterocycles. The third kappa shape index (κ3) is 2.28. The van der Waals surface area contributed by atoms with Gasteiger partial charge in [0.05, 0.1) is 12.8 Å². The lowest BCUT2D eigenvalue weighted by molar-refractivity contribution is 0.415. The second-order valence-corrected chi connectivity index (χ2v) is 3.87. The summed E-state index contributed by atoms with van der Waals surface area (Å²) in [5, 5.41) is 13.8. The molecule has 3 rings (SSSR count). The number of H-pyrrole nitrogens is 1. The summed E-state index contributed by atoms with van der Waals surface area (Å²) >= 11 is 0. The van der Waals surface area contributed by atoms with Crippen LogP contribution in [0.4, 0.5) is 0 Å². The molecule has 0 spiro atoms. The van der Waals surface area contributed by atoms with Crippen LogP contribution in [0.1, 0.15) is 0 Å². The molecule has 2 aromatic heterocycles. The van der Waals surface area contributed by atoms with Gasteiger partial charge in [-0.25, -0.2) is 4.98 Å². The van der Waals surface area contributed by atoms with E-state index in [1.165, 1.54) is 0 Å². The van der Waals surface area contributed by atoms with Gasteiger partial charge in [0.25, 0.3) is 0 Å².